The molecule has 0 aromatic heterocycles. The molecule has 1 saturated heterocycles. The SMILES string of the molecule is CC1(C)[C@H]2CC[C@@]1(C)[C@@H](NC(=O)[C@@H]1CCOC1)C2. The second-order valence-corrected chi connectivity index (χ2v) is 7.23. The van der Waals surface area contributed by atoms with Crippen LogP contribution in [0.4, 0.5) is 0 Å². The first-order valence-corrected chi connectivity index (χ1v) is 7.33. The fourth-order valence-electron chi connectivity index (χ4n) is 4.45. The van der Waals surface area contributed by atoms with Crippen LogP contribution in [0.1, 0.15) is 46.5 Å². The second kappa shape index (κ2) is 3.96. The maximum Gasteiger partial charge on any atom is 0.225 e. The van der Waals surface area contributed by atoms with Gasteiger partial charge >= 0.3 is 0 Å². The van der Waals surface area contributed by atoms with Crippen LogP contribution < -0.4 is 5.32 Å². The molecular weight excluding hydrogens is 226 g/mol. The van der Waals surface area contributed by atoms with Crippen LogP contribution in [0.15, 0.2) is 0 Å². The van der Waals surface area contributed by atoms with Gasteiger partial charge in [0.1, 0.15) is 0 Å². The minimum absolute atomic E-state index is 0.0934. The zero-order valence-corrected chi connectivity index (χ0v) is 11.8. The van der Waals surface area contributed by atoms with E-state index in [1.165, 1.54) is 19.3 Å². The molecule has 1 N–H and O–H groups in total. The maximum absolute atomic E-state index is 12.2. The zero-order chi connectivity index (χ0) is 13.0. The van der Waals surface area contributed by atoms with Crippen molar-refractivity contribution >= 4 is 5.91 Å². The molecule has 0 unspecified atom stereocenters. The zero-order valence-electron chi connectivity index (χ0n) is 11.8. The van der Waals surface area contributed by atoms with Gasteiger partial charge in [0.05, 0.1) is 12.5 Å². The van der Waals surface area contributed by atoms with Gasteiger partial charge in [0, 0.05) is 12.6 Å². The number of hydrogen-bond acceptors (Lipinski definition) is 2. The van der Waals surface area contributed by atoms with Crippen LogP contribution in [0.25, 0.3) is 0 Å². The van der Waals surface area contributed by atoms with E-state index in [9.17, 15) is 4.79 Å². The van der Waals surface area contributed by atoms with E-state index in [0.717, 1.165) is 18.9 Å². The van der Waals surface area contributed by atoms with Gasteiger partial charge in [-0.1, -0.05) is 20.8 Å². The predicted octanol–water partition coefficient (Wildman–Crippen LogP) is 2.35. The monoisotopic (exact) mass is 251 g/mol. The van der Waals surface area contributed by atoms with E-state index in [1.807, 2.05) is 0 Å². The Hall–Kier alpha value is -0.570. The lowest BCUT2D eigenvalue weighted by molar-refractivity contribution is -0.126. The van der Waals surface area contributed by atoms with Crippen LogP contribution in [0.5, 0.6) is 0 Å². The first-order chi connectivity index (χ1) is 8.45. The molecule has 1 amide bonds. The van der Waals surface area contributed by atoms with Crippen molar-refractivity contribution in [2.24, 2.45) is 22.7 Å². The summed E-state index contributed by atoms with van der Waals surface area (Å²) in [5.74, 6) is 1.10. The number of fused-ring (bicyclic) bond motifs is 2. The summed E-state index contributed by atoms with van der Waals surface area (Å²) >= 11 is 0. The number of carbonyl (C=O) groups excluding carboxylic acids is 1. The number of ether oxygens (including phenoxy) is 1. The van der Waals surface area contributed by atoms with Gasteiger partial charge in [-0.25, -0.2) is 0 Å². The lowest BCUT2D eigenvalue weighted by Gasteiger charge is -2.39. The number of nitrogens with one attached hydrogen (secondary N) is 1. The van der Waals surface area contributed by atoms with Crippen molar-refractivity contribution in [3.63, 3.8) is 0 Å². The fourth-order valence-corrected chi connectivity index (χ4v) is 4.45. The Morgan fingerprint density at radius 1 is 1.28 bits per heavy atom. The molecule has 18 heavy (non-hydrogen) atoms. The summed E-state index contributed by atoms with van der Waals surface area (Å²) in [7, 11) is 0. The molecular formula is C15H25NO2. The van der Waals surface area contributed by atoms with Crippen molar-refractivity contribution in [3.8, 4) is 0 Å². The maximum atomic E-state index is 12.2. The van der Waals surface area contributed by atoms with Crippen LogP contribution >= 0.6 is 0 Å². The highest BCUT2D eigenvalue weighted by molar-refractivity contribution is 5.79. The number of carbonyl (C=O) groups is 1. The van der Waals surface area contributed by atoms with E-state index >= 15 is 0 Å². The lowest BCUT2D eigenvalue weighted by Crippen LogP contribution is -2.48. The van der Waals surface area contributed by atoms with E-state index < -0.39 is 0 Å². The molecule has 2 bridgehead atoms. The molecule has 102 valence electrons. The molecule has 3 nitrogen and oxygen atoms in total. The molecule has 0 aromatic rings. The van der Waals surface area contributed by atoms with Crippen LogP contribution in [0.2, 0.25) is 0 Å². The normalized spacial score (nSPS) is 45.4. The molecule has 0 spiro atoms. The average Bonchev–Trinajstić information content (AvgIpc) is 2.95. The third-order valence-corrected chi connectivity index (χ3v) is 6.41. The van der Waals surface area contributed by atoms with Gasteiger partial charge in [-0.2, -0.15) is 0 Å². The number of hydrogen-bond donors (Lipinski definition) is 1. The predicted molar refractivity (Wildman–Crippen MR) is 70.1 cm³/mol. The highest BCUT2D eigenvalue weighted by Gasteiger charge is 2.61. The molecule has 3 heteroatoms. The van der Waals surface area contributed by atoms with E-state index in [1.54, 1.807) is 0 Å². The van der Waals surface area contributed by atoms with Crippen LogP contribution in [0.3, 0.4) is 0 Å². The number of amides is 1. The summed E-state index contributed by atoms with van der Waals surface area (Å²) < 4.78 is 5.31. The summed E-state index contributed by atoms with van der Waals surface area (Å²) in [5.41, 5.74) is 0.657. The van der Waals surface area contributed by atoms with E-state index in [2.05, 4.69) is 26.1 Å². The van der Waals surface area contributed by atoms with E-state index in [4.69, 9.17) is 4.74 Å². The van der Waals surface area contributed by atoms with Gasteiger partial charge in [0.15, 0.2) is 0 Å². The molecule has 3 aliphatic rings. The Labute approximate surface area is 110 Å². The van der Waals surface area contributed by atoms with Crippen LogP contribution in [0, 0.1) is 22.7 Å². The largest absolute Gasteiger partial charge is 0.381 e. The molecule has 0 radical (unpaired) electrons. The molecule has 2 saturated carbocycles. The van der Waals surface area contributed by atoms with Crippen molar-refractivity contribution in [2.45, 2.75) is 52.5 Å². The summed E-state index contributed by atoms with van der Waals surface area (Å²) in [5, 5.41) is 3.33. The Morgan fingerprint density at radius 3 is 2.56 bits per heavy atom. The first kappa shape index (κ1) is 12.5. The molecule has 2 aliphatic carbocycles. The second-order valence-electron chi connectivity index (χ2n) is 7.23. The third-order valence-electron chi connectivity index (χ3n) is 6.41. The standard InChI is InChI=1S/C15H25NO2/c1-14(2)11-4-6-15(14,3)12(8-11)16-13(17)10-5-7-18-9-10/h10-12H,4-9H2,1-3H3,(H,16,17)/t10-,11+,12+,15+/m1/s1. The molecule has 1 aliphatic heterocycles. The van der Waals surface area contributed by atoms with Crippen molar-refractivity contribution in [1.29, 1.82) is 0 Å². The fraction of sp³-hybridized carbons (Fsp3) is 0.933. The summed E-state index contributed by atoms with van der Waals surface area (Å²) in [4.78, 5) is 12.2. The summed E-state index contributed by atoms with van der Waals surface area (Å²) in [6.07, 6.45) is 4.66. The van der Waals surface area contributed by atoms with E-state index in [-0.39, 0.29) is 17.2 Å². The van der Waals surface area contributed by atoms with E-state index in [0.29, 0.717) is 18.1 Å². The summed E-state index contributed by atoms with van der Waals surface area (Å²) in [6.45, 7) is 8.50. The Kier molecular flexibility index (Phi) is 2.74. The summed E-state index contributed by atoms with van der Waals surface area (Å²) in [6, 6.07) is 0.374. The minimum Gasteiger partial charge on any atom is -0.381 e. The molecule has 4 atom stereocenters. The van der Waals surface area contributed by atoms with Crippen molar-refractivity contribution in [1.82, 2.24) is 5.32 Å². The molecule has 0 aromatic carbocycles. The quantitative estimate of drug-likeness (QED) is 0.818. The average molecular weight is 251 g/mol. The minimum atomic E-state index is 0.0934. The van der Waals surface area contributed by atoms with Gasteiger partial charge < -0.3 is 10.1 Å². The van der Waals surface area contributed by atoms with Crippen LogP contribution in [-0.2, 0) is 9.53 Å². The highest BCUT2D eigenvalue weighted by atomic mass is 16.5. The lowest BCUT2D eigenvalue weighted by atomic mass is 9.69. The third kappa shape index (κ3) is 1.56. The van der Waals surface area contributed by atoms with Crippen molar-refractivity contribution in [3.05, 3.63) is 0 Å². The smallest absolute Gasteiger partial charge is 0.225 e. The first-order valence-electron chi connectivity index (χ1n) is 7.33. The molecule has 3 rings (SSSR count). The van der Waals surface area contributed by atoms with Gasteiger partial charge in [-0.05, 0) is 42.4 Å². The van der Waals surface area contributed by atoms with Gasteiger partial charge in [-0.3, -0.25) is 4.79 Å². The van der Waals surface area contributed by atoms with Gasteiger partial charge in [0.25, 0.3) is 0 Å². The topological polar surface area (TPSA) is 38.3 Å². The molecule has 3 fully saturated rings. The van der Waals surface area contributed by atoms with Crippen LogP contribution in [-0.4, -0.2) is 25.2 Å². The Balaban J connectivity index is 1.70. The Bertz CT molecular complexity index is 360. The van der Waals surface area contributed by atoms with Gasteiger partial charge in [-0.15, -0.1) is 0 Å². The van der Waals surface area contributed by atoms with Gasteiger partial charge in [0.2, 0.25) is 5.91 Å². The molecule has 1 heterocycles. The highest BCUT2D eigenvalue weighted by Crippen LogP contribution is 2.65. The van der Waals surface area contributed by atoms with Crippen molar-refractivity contribution in [2.75, 3.05) is 13.2 Å². The van der Waals surface area contributed by atoms with Crippen molar-refractivity contribution < 1.29 is 9.53 Å². The number of rotatable bonds is 2. The Morgan fingerprint density at radius 2 is 2.06 bits per heavy atom.